The Hall–Kier alpha value is -5.34. The molecule has 2 atom stereocenters. The fourth-order valence-electron chi connectivity index (χ4n) is 7.24. The van der Waals surface area contributed by atoms with Crippen molar-refractivity contribution in [3.05, 3.63) is 91.0 Å². The Morgan fingerprint density at radius 1 is 0.656 bits per heavy atom. The first-order valence-electron chi connectivity index (χ1n) is 25.0. The lowest BCUT2D eigenvalue weighted by atomic mass is 9.86. The molecule has 61 heavy (non-hydrogen) atoms. The molecule has 4 heterocycles. The predicted molar refractivity (Wildman–Crippen MR) is 231 cm³/mol. The number of ketones is 2. The molecule has 0 N–H and O–H groups in total. The summed E-state index contributed by atoms with van der Waals surface area (Å²) in [6, 6.07) is 3.37. The van der Waals surface area contributed by atoms with Crippen molar-refractivity contribution in [2.24, 2.45) is 11.8 Å². The number of pyridine rings is 2. The molecule has 0 radical (unpaired) electrons. The number of carbonyl (C=O) groups is 2. The normalized spacial score (nSPS) is 18.5. The smallest absolute Gasteiger partial charge is 0.228 e. The highest BCUT2D eigenvalue weighted by molar-refractivity contribution is 5.94. The highest BCUT2D eigenvalue weighted by Crippen LogP contribution is 2.45. The van der Waals surface area contributed by atoms with Crippen molar-refractivity contribution in [2.75, 3.05) is 54.9 Å². The molecule has 0 saturated carbocycles. The molecule has 2 aliphatic heterocycles. The number of hydrogen-bond donors (Lipinski definition) is 0. The van der Waals surface area contributed by atoms with E-state index < -0.39 is 96.5 Å². The molecule has 2 aromatic carbocycles. The van der Waals surface area contributed by atoms with Crippen LogP contribution in [0.4, 0.5) is 8.78 Å². The van der Waals surface area contributed by atoms with Crippen molar-refractivity contribution in [1.82, 2.24) is 9.13 Å². The largest absolute Gasteiger partial charge is 0.493 e. The average Bonchev–Trinajstić information content (AvgIpc) is 3.26. The zero-order valence-corrected chi connectivity index (χ0v) is 34.2. The number of fused-ring (bicyclic) bond motifs is 6. The maximum atomic E-state index is 15.6. The van der Waals surface area contributed by atoms with Crippen LogP contribution in [0.25, 0.3) is 22.5 Å². The topological polar surface area (TPSA) is 134 Å². The predicted octanol–water partition coefficient (Wildman–Crippen LogP) is 8.70. The van der Waals surface area contributed by atoms with Gasteiger partial charge in [-0.2, -0.15) is 0 Å². The molecule has 0 unspecified atom stereocenters. The third-order valence-electron chi connectivity index (χ3n) is 10.2. The summed E-state index contributed by atoms with van der Waals surface area (Å²) < 4.78 is 161. The number of hydrogen-bond acceptors (Lipinski definition) is 10. The first-order valence-corrected chi connectivity index (χ1v) is 19.0. The van der Waals surface area contributed by atoms with Gasteiger partial charge in [-0.1, -0.05) is 34.8 Å². The Kier molecular flexibility index (Phi) is 11.4. The summed E-state index contributed by atoms with van der Waals surface area (Å²) in [7, 11) is 5.88. The summed E-state index contributed by atoms with van der Waals surface area (Å²) in [5, 5.41) is 0. The lowest BCUT2D eigenvalue weighted by Crippen LogP contribution is -2.30. The highest BCUT2D eigenvalue weighted by atomic mass is 19.1. The minimum Gasteiger partial charge on any atom is -0.493 e. The standard InChI is InChI=1S/2C23H28FNO5.CH4/c2*1-13(2)18-9-15-10-20(30-8-6-7-28-4)19(29-5)11-16(15)22-21(24)23(27)17(14(3)26)12-25(18)22;/h2*10-13,18H,6-9H2,1-5H3;1H4/t2*18-;/m00./s1/i2*1D3,2D3;. The summed E-state index contributed by atoms with van der Waals surface area (Å²) in [6.45, 7) is -8.20. The van der Waals surface area contributed by atoms with Gasteiger partial charge in [-0.25, -0.2) is 8.78 Å². The van der Waals surface area contributed by atoms with Gasteiger partial charge in [0.2, 0.25) is 10.9 Å². The van der Waals surface area contributed by atoms with Crippen LogP contribution in [-0.2, 0) is 22.3 Å². The molecule has 12 nitrogen and oxygen atoms in total. The Morgan fingerprint density at radius 2 is 1.03 bits per heavy atom. The Bertz CT molecular complexity index is 2570. The third kappa shape index (κ3) is 10.1. The Labute approximate surface area is 373 Å². The van der Waals surface area contributed by atoms with Crippen molar-refractivity contribution in [2.45, 2.75) is 86.4 Å². The molecule has 0 saturated heterocycles. The van der Waals surface area contributed by atoms with Crippen LogP contribution in [-0.4, -0.2) is 75.6 Å². The molecule has 0 aliphatic carbocycles. The minimum absolute atomic E-state index is 0. The van der Waals surface area contributed by atoms with Crippen LogP contribution >= 0.6 is 0 Å². The number of rotatable bonds is 16. The molecule has 0 spiro atoms. The van der Waals surface area contributed by atoms with Gasteiger partial charge >= 0.3 is 0 Å². The van der Waals surface area contributed by atoms with Gasteiger partial charge in [-0.15, -0.1) is 0 Å². The van der Waals surface area contributed by atoms with Crippen molar-refractivity contribution in [3.8, 4) is 45.5 Å². The van der Waals surface area contributed by atoms with Gasteiger partial charge in [0.05, 0.1) is 49.9 Å². The van der Waals surface area contributed by atoms with E-state index in [2.05, 4.69) is 0 Å². The van der Waals surface area contributed by atoms with Crippen molar-refractivity contribution < 1.29 is 63.2 Å². The molecule has 4 aromatic rings. The van der Waals surface area contributed by atoms with Gasteiger partial charge in [0.25, 0.3) is 0 Å². The Balaban J connectivity index is 0.000000312. The Morgan fingerprint density at radius 3 is 1.34 bits per heavy atom. The quantitative estimate of drug-likeness (QED) is 0.0796. The third-order valence-corrected chi connectivity index (χ3v) is 10.2. The van der Waals surface area contributed by atoms with E-state index in [-0.39, 0.29) is 67.5 Å². The number of carbonyl (C=O) groups excluding carboxylic acids is 2. The van der Waals surface area contributed by atoms with Crippen molar-refractivity contribution in [1.29, 1.82) is 0 Å². The van der Waals surface area contributed by atoms with E-state index in [9.17, 15) is 19.2 Å². The van der Waals surface area contributed by atoms with Gasteiger partial charge in [0.15, 0.2) is 46.2 Å². The maximum Gasteiger partial charge on any atom is 0.228 e. The van der Waals surface area contributed by atoms with E-state index >= 15 is 8.78 Å². The SMILES string of the molecule is C.[2H]C([2H])([2H])C([C@@H]1Cc2cc(OCCCOC)c(OC)cc2-c2c(F)c(=O)c(C(C)=O)cn21)C([2H])([2H])[2H].[2H]C([2H])([2H])C([C@@H]1Cc2cc(OCCCOC)c(OC)cc2-c2c(F)c(=O)c(C(C)=O)cn21)C([2H])([2H])[2H]. The van der Waals surface area contributed by atoms with Crippen LogP contribution in [0.3, 0.4) is 0 Å². The van der Waals surface area contributed by atoms with Crippen LogP contribution in [0.1, 0.15) is 122 Å². The molecule has 332 valence electrons. The van der Waals surface area contributed by atoms with E-state index in [0.29, 0.717) is 48.7 Å². The van der Waals surface area contributed by atoms with Crippen LogP contribution in [0.5, 0.6) is 23.0 Å². The number of aromatic nitrogens is 2. The monoisotopic (exact) mass is 862 g/mol. The summed E-state index contributed by atoms with van der Waals surface area (Å²) in [4.78, 5) is 49.5. The zero-order chi connectivity index (χ0) is 54.0. The lowest BCUT2D eigenvalue weighted by Gasteiger charge is -2.34. The fourth-order valence-corrected chi connectivity index (χ4v) is 7.24. The maximum absolute atomic E-state index is 15.6. The molecular formula is C47H60F2N2O10. The number of methoxy groups -OCH3 is 4. The average molecular weight is 863 g/mol. The molecule has 0 fully saturated rings. The summed E-state index contributed by atoms with van der Waals surface area (Å²) in [6.07, 6.45) is 3.01. The summed E-state index contributed by atoms with van der Waals surface area (Å²) in [5.74, 6) is -6.77. The number of Topliss-reactive ketones (excluding diaryl/α,β-unsaturated/α-hetero) is 2. The van der Waals surface area contributed by atoms with Crippen molar-refractivity contribution >= 4 is 11.6 Å². The first-order chi connectivity index (χ1) is 33.4. The summed E-state index contributed by atoms with van der Waals surface area (Å²) >= 11 is 0. The number of nitrogens with zero attached hydrogens (tertiary/aromatic N) is 2. The van der Waals surface area contributed by atoms with E-state index in [0.717, 1.165) is 35.4 Å². The molecule has 2 aromatic heterocycles. The highest BCUT2D eigenvalue weighted by Gasteiger charge is 2.34. The van der Waals surface area contributed by atoms with Gasteiger partial charge in [-0.3, -0.25) is 19.2 Å². The van der Waals surface area contributed by atoms with E-state index in [1.54, 1.807) is 14.2 Å². The van der Waals surface area contributed by atoms with E-state index in [1.165, 1.54) is 38.5 Å². The molecular weight excluding hydrogens is 791 g/mol. The second kappa shape index (κ2) is 21.0. The second-order valence-corrected chi connectivity index (χ2v) is 14.2. The molecule has 0 amide bonds. The van der Waals surface area contributed by atoms with Crippen LogP contribution in [0.15, 0.2) is 46.2 Å². The molecule has 14 heteroatoms. The van der Waals surface area contributed by atoms with Gasteiger partial charge in [0.1, 0.15) is 0 Å². The number of halogens is 2. The van der Waals surface area contributed by atoms with Gasteiger partial charge < -0.3 is 37.6 Å². The zero-order valence-electron chi connectivity index (χ0n) is 46.2. The van der Waals surface area contributed by atoms with Crippen LogP contribution in [0.2, 0.25) is 0 Å². The molecule has 2 aliphatic rings. The first kappa shape index (κ1) is 33.3. The van der Waals surface area contributed by atoms with Crippen LogP contribution in [0, 0.1) is 23.5 Å². The lowest BCUT2D eigenvalue weighted by molar-refractivity contribution is 0.100. The van der Waals surface area contributed by atoms with Gasteiger partial charge in [-0.05, 0) is 73.9 Å². The second-order valence-electron chi connectivity index (χ2n) is 14.2. The number of benzene rings is 2. The molecule has 0 bridgehead atoms. The summed E-state index contributed by atoms with van der Waals surface area (Å²) in [5.41, 5.74) is -2.72. The van der Waals surface area contributed by atoms with Crippen molar-refractivity contribution in [3.63, 3.8) is 0 Å². The van der Waals surface area contributed by atoms with E-state index in [1.807, 2.05) is 0 Å². The molecule has 6 rings (SSSR count). The fraction of sp³-hybridized carbons (Fsp3) is 0.489. The van der Waals surface area contributed by atoms with E-state index in [4.69, 9.17) is 44.9 Å². The van der Waals surface area contributed by atoms with Gasteiger partial charge in [0, 0.05) is 92.3 Å². The van der Waals surface area contributed by atoms with Crippen LogP contribution < -0.4 is 29.8 Å². The minimum atomic E-state index is -2.95. The number of ether oxygens (including phenoxy) is 6.